The molecule has 0 bridgehead atoms. The number of rotatable bonds is 3. The van der Waals surface area contributed by atoms with E-state index in [-0.39, 0.29) is 6.54 Å². The molecule has 1 aromatic carbocycles. The van der Waals surface area contributed by atoms with Crippen LogP contribution in [-0.4, -0.2) is 6.08 Å². The van der Waals surface area contributed by atoms with Gasteiger partial charge in [0.15, 0.2) is 0 Å². The fourth-order valence-corrected chi connectivity index (χ4v) is 1.90. The zero-order valence-electron chi connectivity index (χ0n) is 8.55. The van der Waals surface area contributed by atoms with Crippen LogP contribution in [0.15, 0.2) is 23.2 Å². The van der Waals surface area contributed by atoms with Crippen LogP contribution in [0.25, 0.3) is 0 Å². The van der Waals surface area contributed by atoms with E-state index < -0.39 is 5.67 Å². The van der Waals surface area contributed by atoms with Crippen molar-refractivity contribution in [1.29, 1.82) is 0 Å². The highest BCUT2D eigenvalue weighted by Gasteiger charge is 2.25. The Morgan fingerprint density at radius 2 is 2.20 bits per heavy atom. The lowest BCUT2D eigenvalue weighted by Crippen LogP contribution is -2.13. The molecule has 1 aromatic rings. The summed E-state index contributed by atoms with van der Waals surface area (Å²) < 4.78 is 13.8. The average molecular weight is 228 g/mol. The average Bonchev–Trinajstić information content (AvgIpc) is 2.12. The summed E-state index contributed by atoms with van der Waals surface area (Å²) in [5.74, 6) is 0. The fourth-order valence-electron chi connectivity index (χ4n) is 1.48. The summed E-state index contributed by atoms with van der Waals surface area (Å²) >= 11 is 5.91. The lowest BCUT2D eigenvalue weighted by molar-refractivity contribution is 0.220. The van der Waals surface area contributed by atoms with Gasteiger partial charge in [0.2, 0.25) is 6.08 Å². The molecule has 0 aromatic heterocycles. The maximum atomic E-state index is 13.8. The molecule has 4 heteroatoms. The van der Waals surface area contributed by atoms with Crippen molar-refractivity contribution in [2.75, 3.05) is 0 Å². The van der Waals surface area contributed by atoms with E-state index in [1.165, 1.54) is 19.9 Å². The predicted octanol–water partition coefficient (Wildman–Crippen LogP) is 3.38. The van der Waals surface area contributed by atoms with Crippen LogP contribution in [0.3, 0.4) is 0 Å². The third-order valence-electron chi connectivity index (χ3n) is 2.01. The van der Waals surface area contributed by atoms with E-state index in [2.05, 4.69) is 4.99 Å². The van der Waals surface area contributed by atoms with Gasteiger partial charge in [0.05, 0.1) is 6.54 Å². The molecule has 0 amide bonds. The van der Waals surface area contributed by atoms with E-state index >= 15 is 0 Å². The van der Waals surface area contributed by atoms with Crippen molar-refractivity contribution in [3.05, 3.63) is 34.3 Å². The first kappa shape index (κ1) is 11.9. The van der Waals surface area contributed by atoms with Crippen molar-refractivity contribution in [3.8, 4) is 0 Å². The monoisotopic (exact) mass is 227 g/mol. The molecule has 1 rings (SSSR count). The highest BCUT2D eigenvalue weighted by Crippen LogP contribution is 2.34. The summed E-state index contributed by atoms with van der Waals surface area (Å²) in [5, 5.41) is 0.348. The molecule has 80 valence electrons. The highest BCUT2D eigenvalue weighted by atomic mass is 35.5. The maximum absolute atomic E-state index is 13.8. The van der Waals surface area contributed by atoms with Crippen LogP contribution < -0.4 is 0 Å². The Bertz CT molecular complexity index is 406. The number of isocyanates is 1. The van der Waals surface area contributed by atoms with E-state index in [9.17, 15) is 9.18 Å². The largest absolute Gasteiger partial charge is 0.239 e. The van der Waals surface area contributed by atoms with Crippen LogP contribution >= 0.6 is 11.6 Å². The summed E-state index contributed by atoms with van der Waals surface area (Å²) in [5.41, 5.74) is -0.560. The number of alkyl halides is 1. The molecule has 0 heterocycles. The quantitative estimate of drug-likeness (QED) is 0.575. The lowest BCUT2D eigenvalue weighted by Gasteiger charge is -2.19. The van der Waals surface area contributed by atoms with Gasteiger partial charge in [0.1, 0.15) is 5.67 Å². The van der Waals surface area contributed by atoms with Gasteiger partial charge in [-0.25, -0.2) is 14.2 Å². The predicted molar refractivity (Wildman–Crippen MR) is 57.4 cm³/mol. The Kier molecular flexibility index (Phi) is 3.61. The topological polar surface area (TPSA) is 29.4 Å². The number of aliphatic imine (C=N–C) groups is 1. The van der Waals surface area contributed by atoms with Crippen LogP contribution in [-0.2, 0) is 17.0 Å². The Hall–Kier alpha value is -1.18. The Labute approximate surface area is 92.8 Å². The zero-order valence-corrected chi connectivity index (χ0v) is 9.31. The first-order chi connectivity index (χ1) is 6.96. The molecule has 0 N–H and O–H groups in total. The van der Waals surface area contributed by atoms with Gasteiger partial charge in [-0.15, -0.1) is 0 Å². The van der Waals surface area contributed by atoms with Crippen molar-refractivity contribution < 1.29 is 9.18 Å². The van der Waals surface area contributed by atoms with Crippen LogP contribution in [0, 0.1) is 0 Å². The van der Waals surface area contributed by atoms with Gasteiger partial charge in [-0.1, -0.05) is 23.7 Å². The third-order valence-corrected chi connectivity index (χ3v) is 2.32. The molecule has 0 saturated carbocycles. The molecule has 0 fully saturated rings. The summed E-state index contributed by atoms with van der Waals surface area (Å²) in [6.45, 7) is 2.94. The van der Waals surface area contributed by atoms with E-state index in [0.717, 1.165) is 0 Å². The second-order valence-electron chi connectivity index (χ2n) is 3.65. The lowest BCUT2D eigenvalue weighted by atomic mass is 9.94. The number of benzene rings is 1. The second-order valence-corrected chi connectivity index (χ2v) is 4.06. The molecular formula is C11H11ClFNO. The van der Waals surface area contributed by atoms with Crippen LogP contribution in [0.4, 0.5) is 4.39 Å². The van der Waals surface area contributed by atoms with Gasteiger partial charge in [0.25, 0.3) is 0 Å². The summed E-state index contributed by atoms with van der Waals surface area (Å²) in [6, 6.07) is 5.02. The van der Waals surface area contributed by atoms with Gasteiger partial charge in [-0.2, -0.15) is 0 Å². The molecule has 15 heavy (non-hydrogen) atoms. The summed E-state index contributed by atoms with van der Waals surface area (Å²) in [4.78, 5) is 13.4. The van der Waals surface area contributed by atoms with Crippen molar-refractivity contribution in [1.82, 2.24) is 0 Å². The standard InChI is InChI=1S/C11H11ClFNO/c1-11(2,13)10-8(6-14-7-15)4-3-5-9(10)12/h3-5H,6H2,1-2H3. The third kappa shape index (κ3) is 2.88. The molecule has 0 spiro atoms. The number of halogens is 2. The number of hydrogen-bond acceptors (Lipinski definition) is 2. The second kappa shape index (κ2) is 4.56. The van der Waals surface area contributed by atoms with Crippen LogP contribution in [0.1, 0.15) is 25.0 Å². The van der Waals surface area contributed by atoms with Gasteiger partial charge in [-0.05, 0) is 25.5 Å². The molecule has 2 nitrogen and oxygen atoms in total. The first-order valence-corrected chi connectivity index (χ1v) is 4.85. The molecule has 0 saturated heterocycles. The van der Waals surface area contributed by atoms with Crippen LogP contribution in [0.2, 0.25) is 5.02 Å². The van der Waals surface area contributed by atoms with Crippen molar-refractivity contribution >= 4 is 17.7 Å². The van der Waals surface area contributed by atoms with Crippen molar-refractivity contribution in [2.24, 2.45) is 4.99 Å². The highest BCUT2D eigenvalue weighted by molar-refractivity contribution is 6.31. The fraction of sp³-hybridized carbons (Fsp3) is 0.364. The first-order valence-electron chi connectivity index (χ1n) is 4.47. The molecular weight excluding hydrogens is 217 g/mol. The molecule has 0 radical (unpaired) electrons. The minimum atomic E-state index is -1.55. The van der Waals surface area contributed by atoms with Crippen molar-refractivity contribution in [3.63, 3.8) is 0 Å². The normalized spacial score (nSPS) is 10.9. The SMILES string of the molecule is CC(C)(F)c1c(Cl)cccc1CN=C=O. The molecule has 0 aliphatic rings. The molecule has 0 aliphatic carbocycles. The number of nitrogens with zero attached hydrogens (tertiary/aromatic N) is 1. The number of carbonyl (C=O) groups excluding carboxylic acids is 1. The number of hydrogen-bond donors (Lipinski definition) is 0. The molecule has 0 aliphatic heterocycles. The molecule has 0 atom stereocenters. The van der Waals surface area contributed by atoms with E-state index in [4.69, 9.17) is 11.6 Å². The van der Waals surface area contributed by atoms with Gasteiger partial charge >= 0.3 is 0 Å². The minimum absolute atomic E-state index is 0.104. The zero-order chi connectivity index (χ0) is 11.5. The summed E-state index contributed by atoms with van der Waals surface area (Å²) in [7, 11) is 0. The van der Waals surface area contributed by atoms with E-state index in [1.807, 2.05) is 0 Å². The Balaban J connectivity index is 3.26. The summed E-state index contributed by atoms with van der Waals surface area (Å²) in [6.07, 6.45) is 1.42. The van der Waals surface area contributed by atoms with Gasteiger partial charge in [0, 0.05) is 10.6 Å². The Morgan fingerprint density at radius 1 is 1.53 bits per heavy atom. The smallest absolute Gasteiger partial charge is 0.235 e. The minimum Gasteiger partial charge on any atom is -0.239 e. The Morgan fingerprint density at radius 3 is 2.73 bits per heavy atom. The molecule has 0 unspecified atom stereocenters. The van der Waals surface area contributed by atoms with Crippen LogP contribution in [0.5, 0.6) is 0 Å². The van der Waals surface area contributed by atoms with Gasteiger partial charge in [-0.3, -0.25) is 0 Å². The van der Waals surface area contributed by atoms with Gasteiger partial charge < -0.3 is 0 Å². The van der Waals surface area contributed by atoms with E-state index in [0.29, 0.717) is 16.1 Å². The van der Waals surface area contributed by atoms with E-state index in [1.54, 1.807) is 18.2 Å². The van der Waals surface area contributed by atoms with Crippen molar-refractivity contribution in [2.45, 2.75) is 26.1 Å². The maximum Gasteiger partial charge on any atom is 0.235 e.